The van der Waals surface area contributed by atoms with Crippen molar-refractivity contribution in [3.05, 3.63) is 60.7 Å². The van der Waals surface area contributed by atoms with E-state index in [-0.39, 0.29) is 26.9 Å². The van der Waals surface area contributed by atoms with E-state index in [1.54, 1.807) is 12.1 Å². The Morgan fingerprint density at radius 3 is 0.952 bits per heavy atom. The summed E-state index contributed by atoms with van der Waals surface area (Å²) in [7, 11) is -8.51. The van der Waals surface area contributed by atoms with Crippen LogP contribution < -0.4 is 0 Å². The third-order valence-electron chi connectivity index (χ3n) is 2.06. The maximum Gasteiger partial charge on any atom is 2.00 e. The van der Waals surface area contributed by atoms with Crippen molar-refractivity contribution in [2.75, 3.05) is 0 Å². The predicted molar refractivity (Wildman–Crippen MR) is 68.8 cm³/mol. The number of hydrogen-bond acceptors (Lipinski definition) is 6. The van der Waals surface area contributed by atoms with E-state index in [4.69, 9.17) is 0 Å². The summed E-state index contributed by atoms with van der Waals surface area (Å²) in [6, 6.07) is 14.4. The van der Waals surface area contributed by atoms with Crippen LogP contribution in [0, 0.1) is 0 Å². The summed E-state index contributed by atoms with van der Waals surface area (Å²) in [5, 5.41) is 0. The Labute approximate surface area is 133 Å². The van der Waals surface area contributed by atoms with Crippen LogP contribution in [0.3, 0.4) is 0 Å². The van der Waals surface area contributed by atoms with Crippen LogP contribution in [0.15, 0.2) is 70.5 Å². The molecule has 21 heavy (non-hydrogen) atoms. The average Bonchev–Trinajstić information content (AvgIpc) is 2.40. The second-order valence-corrected chi connectivity index (χ2v) is 6.29. The minimum Gasteiger partial charge on any atom is -0.744 e. The van der Waals surface area contributed by atoms with Gasteiger partial charge in [-0.2, -0.15) is 0 Å². The van der Waals surface area contributed by atoms with Gasteiger partial charge in [0.25, 0.3) is 0 Å². The van der Waals surface area contributed by atoms with E-state index in [1.807, 2.05) is 0 Å². The molecule has 0 bridgehead atoms. The van der Waals surface area contributed by atoms with Crippen molar-refractivity contribution in [2.24, 2.45) is 0 Å². The standard InChI is InChI=1S/2C6H6O3S.Cu/c2*7-10(8,9)6-4-2-1-3-5-6;/h2*1-5H,(H,7,8,9);/q;;+2/p-2. The van der Waals surface area contributed by atoms with Gasteiger partial charge in [0.1, 0.15) is 20.2 Å². The molecule has 2 rings (SSSR count). The van der Waals surface area contributed by atoms with Crippen LogP contribution in [0.5, 0.6) is 0 Å². The van der Waals surface area contributed by atoms with Crippen molar-refractivity contribution >= 4 is 20.2 Å². The molecule has 0 N–H and O–H groups in total. The second-order valence-electron chi connectivity index (χ2n) is 3.53. The van der Waals surface area contributed by atoms with Gasteiger partial charge in [0.15, 0.2) is 0 Å². The van der Waals surface area contributed by atoms with Crippen molar-refractivity contribution in [1.82, 2.24) is 0 Å². The molecular weight excluding hydrogens is 368 g/mol. The molecule has 1 radical (unpaired) electrons. The van der Waals surface area contributed by atoms with E-state index in [2.05, 4.69) is 0 Å². The van der Waals surface area contributed by atoms with E-state index >= 15 is 0 Å². The second kappa shape index (κ2) is 8.28. The van der Waals surface area contributed by atoms with Gasteiger partial charge < -0.3 is 9.11 Å². The Morgan fingerprint density at radius 2 is 0.810 bits per heavy atom. The minimum atomic E-state index is -4.25. The zero-order valence-electron chi connectivity index (χ0n) is 10.3. The summed E-state index contributed by atoms with van der Waals surface area (Å²) in [4.78, 5) is -0.370. The van der Waals surface area contributed by atoms with Crippen molar-refractivity contribution in [2.45, 2.75) is 9.79 Å². The number of benzene rings is 2. The Hall–Kier alpha value is -1.22. The molecule has 0 atom stereocenters. The smallest absolute Gasteiger partial charge is 0.744 e. The molecule has 0 amide bonds. The fourth-order valence-corrected chi connectivity index (χ4v) is 2.16. The molecule has 0 aliphatic carbocycles. The van der Waals surface area contributed by atoms with Gasteiger partial charge in [0.05, 0.1) is 9.79 Å². The van der Waals surface area contributed by atoms with Crippen LogP contribution in [0.4, 0.5) is 0 Å². The Balaban J connectivity index is 0.000000364. The third-order valence-corrected chi connectivity index (χ3v) is 3.76. The fourth-order valence-electron chi connectivity index (χ4n) is 1.17. The summed E-state index contributed by atoms with van der Waals surface area (Å²) in [6.07, 6.45) is 0. The number of rotatable bonds is 2. The maximum absolute atomic E-state index is 10.3. The molecule has 0 saturated heterocycles. The average molecular weight is 378 g/mol. The van der Waals surface area contributed by atoms with E-state index in [1.165, 1.54) is 48.5 Å². The molecule has 6 nitrogen and oxygen atoms in total. The summed E-state index contributed by atoms with van der Waals surface area (Å²) in [6.45, 7) is 0. The first kappa shape index (κ1) is 19.8. The summed E-state index contributed by atoms with van der Waals surface area (Å²) < 4.78 is 61.7. The molecule has 0 aliphatic rings. The van der Waals surface area contributed by atoms with Gasteiger partial charge in [0.2, 0.25) is 0 Å². The zero-order chi connectivity index (χ0) is 15.2. The molecule has 0 aliphatic heterocycles. The number of hydrogen-bond donors (Lipinski definition) is 0. The molecule has 0 unspecified atom stereocenters. The first-order chi connectivity index (χ1) is 9.21. The Morgan fingerprint density at radius 1 is 0.571 bits per heavy atom. The topological polar surface area (TPSA) is 114 Å². The van der Waals surface area contributed by atoms with Crippen molar-refractivity contribution in [3.8, 4) is 0 Å². The van der Waals surface area contributed by atoms with Crippen LogP contribution in [0.25, 0.3) is 0 Å². The van der Waals surface area contributed by atoms with Gasteiger partial charge in [-0.25, -0.2) is 16.8 Å². The summed E-state index contributed by atoms with van der Waals surface area (Å²) in [5.41, 5.74) is 0. The molecule has 2 aromatic carbocycles. The molecule has 2 aromatic rings. The molecule has 0 aromatic heterocycles. The van der Waals surface area contributed by atoms with E-state index in [9.17, 15) is 25.9 Å². The van der Waals surface area contributed by atoms with Crippen molar-refractivity contribution in [3.63, 3.8) is 0 Å². The van der Waals surface area contributed by atoms with Gasteiger partial charge >= 0.3 is 17.1 Å². The van der Waals surface area contributed by atoms with Gasteiger partial charge in [-0.3, -0.25) is 0 Å². The first-order valence-electron chi connectivity index (χ1n) is 5.23. The van der Waals surface area contributed by atoms with Crippen LogP contribution in [0.2, 0.25) is 0 Å². The van der Waals surface area contributed by atoms with Crippen molar-refractivity contribution < 1.29 is 43.0 Å². The van der Waals surface area contributed by atoms with Crippen LogP contribution in [0.1, 0.15) is 0 Å². The SMILES string of the molecule is O=S(=O)([O-])c1ccccc1.O=S(=O)([O-])c1ccccc1.[Cu+2]. The fraction of sp³-hybridized carbons (Fsp3) is 0. The van der Waals surface area contributed by atoms with E-state index in [0.29, 0.717) is 0 Å². The molecule has 0 spiro atoms. The zero-order valence-corrected chi connectivity index (χ0v) is 12.9. The summed E-state index contributed by atoms with van der Waals surface area (Å²) in [5.74, 6) is 0. The normalized spacial score (nSPS) is 10.8. The van der Waals surface area contributed by atoms with Crippen LogP contribution in [-0.4, -0.2) is 25.9 Å². The third kappa shape index (κ3) is 7.37. The monoisotopic (exact) mass is 377 g/mol. The Bertz CT molecular complexity index is 675. The molecule has 9 heteroatoms. The van der Waals surface area contributed by atoms with Gasteiger partial charge in [-0.1, -0.05) is 36.4 Å². The molecule has 117 valence electrons. The van der Waals surface area contributed by atoms with Crippen LogP contribution >= 0.6 is 0 Å². The molecular formula is C12H10CuO6S2. The molecule has 0 fully saturated rings. The minimum absolute atomic E-state index is 0. The van der Waals surface area contributed by atoms with Gasteiger partial charge in [-0.15, -0.1) is 0 Å². The quantitative estimate of drug-likeness (QED) is 0.573. The first-order valence-corrected chi connectivity index (χ1v) is 8.05. The van der Waals surface area contributed by atoms with E-state index in [0.717, 1.165) is 0 Å². The van der Waals surface area contributed by atoms with Gasteiger partial charge in [0, 0.05) is 0 Å². The maximum atomic E-state index is 10.3. The van der Waals surface area contributed by atoms with Gasteiger partial charge in [-0.05, 0) is 24.3 Å². The molecule has 0 heterocycles. The Kier molecular flexibility index (Phi) is 7.80. The van der Waals surface area contributed by atoms with Crippen molar-refractivity contribution in [1.29, 1.82) is 0 Å². The largest absolute Gasteiger partial charge is 2.00 e. The van der Waals surface area contributed by atoms with E-state index < -0.39 is 20.2 Å². The summed E-state index contributed by atoms with van der Waals surface area (Å²) >= 11 is 0. The molecule has 0 saturated carbocycles. The predicted octanol–water partition coefficient (Wildman–Crippen LogP) is 1.18. The van der Waals surface area contributed by atoms with Crippen LogP contribution in [-0.2, 0) is 37.3 Å².